The molecular weight excluding hydrogens is 253 g/mol. The van der Waals surface area contributed by atoms with E-state index in [4.69, 9.17) is 0 Å². The van der Waals surface area contributed by atoms with E-state index >= 15 is 0 Å². The monoisotopic (exact) mass is 269 g/mol. The van der Waals surface area contributed by atoms with Crippen molar-refractivity contribution in [2.45, 2.75) is 24.7 Å². The summed E-state index contributed by atoms with van der Waals surface area (Å²) in [6.45, 7) is 0. The van der Waals surface area contributed by atoms with Crippen LogP contribution in [0.4, 0.5) is 10.1 Å². The van der Waals surface area contributed by atoms with Crippen molar-refractivity contribution in [3.63, 3.8) is 0 Å². The summed E-state index contributed by atoms with van der Waals surface area (Å²) in [5.41, 5.74) is 0.982. The van der Waals surface area contributed by atoms with E-state index in [1.807, 2.05) is 36.4 Å². The van der Waals surface area contributed by atoms with Gasteiger partial charge < -0.3 is 5.32 Å². The molecule has 0 radical (unpaired) electrons. The van der Waals surface area contributed by atoms with E-state index < -0.39 is 5.41 Å². The maximum Gasteiger partial charge on any atom is 0.235 e. The number of carbonyl (C=O) groups excluding carboxylic acids is 1. The third-order valence-electron chi connectivity index (χ3n) is 4.05. The molecule has 0 heterocycles. The molecule has 1 amide bonds. The van der Waals surface area contributed by atoms with Gasteiger partial charge in [-0.1, -0.05) is 36.8 Å². The van der Waals surface area contributed by atoms with Crippen LogP contribution in [0.5, 0.6) is 0 Å². The van der Waals surface area contributed by atoms with Gasteiger partial charge in [0, 0.05) is 5.69 Å². The van der Waals surface area contributed by atoms with Gasteiger partial charge in [0.1, 0.15) is 5.82 Å². The fourth-order valence-electron chi connectivity index (χ4n) is 2.74. The van der Waals surface area contributed by atoms with Crippen molar-refractivity contribution < 1.29 is 9.18 Å². The van der Waals surface area contributed by atoms with E-state index in [0.29, 0.717) is 0 Å². The zero-order chi connectivity index (χ0) is 14.0. The van der Waals surface area contributed by atoms with Gasteiger partial charge in [-0.05, 0) is 42.7 Å². The van der Waals surface area contributed by atoms with E-state index in [9.17, 15) is 9.18 Å². The molecule has 0 aromatic heterocycles. The van der Waals surface area contributed by atoms with Crippen LogP contribution in [0.2, 0.25) is 0 Å². The van der Waals surface area contributed by atoms with Crippen molar-refractivity contribution in [2.75, 3.05) is 5.32 Å². The second kappa shape index (κ2) is 5.08. The fourth-order valence-corrected chi connectivity index (χ4v) is 2.74. The zero-order valence-corrected chi connectivity index (χ0v) is 11.1. The first-order valence-corrected chi connectivity index (χ1v) is 6.83. The van der Waals surface area contributed by atoms with Crippen molar-refractivity contribution in [1.82, 2.24) is 0 Å². The first kappa shape index (κ1) is 12.9. The lowest BCUT2D eigenvalue weighted by Gasteiger charge is -2.40. The average molecular weight is 269 g/mol. The molecule has 0 saturated heterocycles. The van der Waals surface area contributed by atoms with Crippen molar-refractivity contribution in [3.05, 3.63) is 66.0 Å². The van der Waals surface area contributed by atoms with Gasteiger partial charge >= 0.3 is 0 Å². The number of hydrogen-bond acceptors (Lipinski definition) is 1. The van der Waals surface area contributed by atoms with Gasteiger partial charge in [-0.25, -0.2) is 4.39 Å². The lowest BCUT2D eigenvalue weighted by atomic mass is 9.63. The Balaban J connectivity index is 1.87. The van der Waals surface area contributed by atoms with E-state index in [-0.39, 0.29) is 11.7 Å². The summed E-state index contributed by atoms with van der Waals surface area (Å²) in [4.78, 5) is 12.6. The number of amides is 1. The molecule has 1 aliphatic rings. The second-order valence-electron chi connectivity index (χ2n) is 5.27. The molecule has 2 nitrogen and oxygen atoms in total. The van der Waals surface area contributed by atoms with Crippen LogP contribution in [0.1, 0.15) is 24.8 Å². The Morgan fingerprint density at radius 1 is 1.05 bits per heavy atom. The van der Waals surface area contributed by atoms with Crippen LogP contribution in [0.15, 0.2) is 54.6 Å². The molecule has 0 bridgehead atoms. The van der Waals surface area contributed by atoms with Crippen LogP contribution >= 0.6 is 0 Å². The SMILES string of the molecule is O=C(Nc1ccccc1)C1(c2cccc(F)c2)CCC1. The highest BCUT2D eigenvalue weighted by atomic mass is 19.1. The van der Waals surface area contributed by atoms with Crippen molar-refractivity contribution in [2.24, 2.45) is 0 Å². The highest BCUT2D eigenvalue weighted by molar-refractivity contribution is 5.99. The number of benzene rings is 2. The molecule has 2 aromatic carbocycles. The quantitative estimate of drug-likeness (QED) is 0.900. The summed E-state index contributed by atoms with van der Waals surface area (Å²) < 4.78 is 13.4. The van der Waals surface area contributed by atoms with Gasteiger partial charge in [-0.3, -0.25) is 4.79 Å². The molecule has 3 heteroatoms. The largest absolute Gasteiger partial charge is 0.325 e. The van der Waals surface area contributed by atoms with Gasteiger partial charge in [0.2, 0.25) is 5.91 Å². The Morgan fingerprint density at radius 3 is 2.40 bits per heavy atom. The second-order valence-corrected chi connectivity index (χ2v) is 5.27. The summed E-state index contributed by atoms with van der Waals surface area (Å²) in [5, 5.41) is 2.94. The molecular formula is C17H16FNO. The molecule has 2 aromatic rings. The Kier molecular flexibility index (Phi) is 3.26. The standard InChI is InChI=1S/C17H16FNO/c18-14-7-4-6-13(12-14)17(10-5-11-17)16(20)19-15-8-2-1-3-9-15/h1-4,6-9,12H,5,10-11H2,(H,19,20). The summed E-state index contributed by atoms with van der Waals surface area (Å²) in [5.74, 6) is -0.332. The van der Waals surface area contributed by atoms with Crippen LogP contribution < -0.4 is 5.32 Å². The molecule has 1 saturated carbocycles. The lowest BCUT2D eigenvalue weighted by Crippen LogP contribution is -2.46. The van der Waals surface area contributed by atoms with E-state index in [1.165, 1.54) is 12.1 Å². The zero-order valence-electron chi connectivity index (χ0n) is 11.1. The lowest BCUT2D eigenvalue weighted by molar-refractivity contribution is -0.124. The van der Waals surface area contributed by atoms with Crippen LogP contribution in [0.25, 0.3) is 0 Å². The Hall–Kier alpha value is -2.16. The number of nitrogens with one attached hydrogen (secondary N) is 1. The van der Waals surface area contributed by atoms with Crippen LogP contribution in [-0.4, -0.2) is 5.91 Å². The van der Waals surface area contributed by atoms with Gasteiger partial charge in [0.15, 0.2) is 0 Å². The number of hydrogen-bond donors (Lipinski definition) is 1. The maximum atomic E-state index is 13.4. The number of carbonyl (C=O) groups is 1. The van der Waals surface area contributed by atoms with Gasteiger partial charge in [0.05, 0.1) is 5.41 Å². The average Bonchev–Trinajstić information content (AvgIpc) is 2.38. The van der Waals surface area contributed by atoms with E-state index in [1.54, 1.807) is 6.07 Å². The molecule has 1 fully saturated rings. The number of anilines is 1. The van der Waals surface area contributed by atoms with E-state index in [2.05, 4.69) is 5.32 Å². The number of para-hydroxylation sites is 1. The third-order valence-corrected chi connectivity index (χ3v) is 4.05. The van der Waals surface area contributed by atoms with Crippen molar-refractivity contribution in [3.8, 4) is 0 Å². The molecule has 0 unspecified atom stereocenters. The minimum atomic E-state index is -0.571. The Labute approximate surface area is 117 Å². The molecule has 1 N–H and O–H groups in total. The molecule has 102 valence electrons. The summed E-state index contributed by atoms with van der Waals surface area (Å²) in [7, 11) is 0. The van der Waals surface area contributed by atoms with Gasteiger partial charge in [-0.15, -0.1) is 0 Å². The molecule has 1 aliphatic carbocycles. The Bertz CT molecular complexity index is 620. The van der Waals surface area contributed by atoms with E-state index in [0.717, 1.165) is 30.5 Å². The number of rotatable bonds is 3. The summed E-state index contributed by atoms with van der Waals surface area (Å²) in [6.07, 6.45) is 2.54. The molecule has 0 aliphatic heterocycles. The molecule has 0 atom stereocenters. The first-order chi connectivity index (χ1) is 9.71. The van der Waals surface area contributed by atoms with Crippen LogP contribution in [-0.2, 0) is 10.2 Å². The van der Waals surface area contributed by atoms with Crippen LogP contribution in [0.3, 0.4) is 0 Å². The highest BCUT2D eigenvalue weighted by Crippen LogP contribution is 2.44. The normalized spacial score (nSPS) is 16.2. The number of halogens is 1. The first-order valence-electron chi connectivity index (χ1n) is 6.83. The fraction of sp³-hybridized carbons (Fsp3) is 0.235. The minimum absolute atomic E-state index is 0.0412. The maximum absolute atomic E-state index is 13.4. The smallest absolute Gasteiger partial charge is 0.235 e. The summed E-state index contributed by atoms with van der Waals surface area (Å²) >= 11 is 0. The predicted molar refractivity (Wildman–Crippen MR) is 77.0 cm³/mol. The predicted octanol–water partition coefficient (Wildman–Crippen LogP) is 3.89. The summed E-state index contributed by atoms with van der Waals surface area (Å²) in [6, 6.07) is 15.8. The molecule has 20 heavy (non-hydrogen) atoms. The molecule has 0 spiro atoms. The van der Waals surface area contributed by atoms with Crippen molar-refractivity contribution in [1.29, 1.82) is 0 Å². The highest BCUT2D eigenvalue weighted by Gasteiger charge is 2.45. The van der Waals surface area contributed by atoms with Gasteiger partial charge in [0.25, 0.3) is 0 Å². The topological polar surface area (TPSA) is 29.1 Å². The molecule has 3 rings (SSSR count). The third kappa shape index (κ3) is 2.20. The minimum Gasteiger partial charge on any atom is -0.325 e. The van der Waals surface area contributed by atoms with Gasteiger partial charge in [-0.2, -0.15) is 0 Å². The van der Waals surface area contributed by atoms with Crippen LogP contribution in [0, 0.1) is 5.82 Å². The Morgan fingerprint density at radius 2 is 1.80 bits per heavy atom. The van der Waals surface area contributed by atoms with Crippen molar-refractivity contribution >= 4 is 11.6 Å².